The Morgan fingerprint density at radius 2 is 1.89 bits per heavy atom. The largest absolute Gasteiger partial charge is 0.303 e. The Hall–Kier alpha value is -1.11. The van der Waals surface area contributed by atoms with E-state index in [9.17, 15) is 4.79 Å². The van der Waals surface area contributed by atoms with Gasteiger partial charge in [0.25, 0.3) is 0 Å². The normalized spacial score (nSPS) is 26.1. The molecule has 1 N–H and O–H groups in total. The molecule has 0 bridgehead atoms. The van der Waals surface area contributed by atoms with Crippen molar-refractivity contribution in [3.8, 4) is 0 Å². The van der Waals surface area contributed by atoms with Crippen molar-refractivity contribution in [1.82, 2.24) is 9.88 Å². The molecule has 0 radical (unpaired) electrons. The van der Waals surface area contributed by atoms with Crippen molar-refractivity contribution < 1.29 is 4.79 Å². The third-order valence-corrected chi connectivity index (χ3v) is 11.2. The number of likely N-dealkylation sites (tertiary alicyclic amines) is 1. The van der Waals surface area contributed by atoms with E-state index >= 15 is 0 Å². The van der Waals surface area contributed by atoms with E-state index in [0.717, 1.165) is 35.5 Å². The summed E-state index contributed by atoms with van der Waals surface area (Å²) in [6, 6.07) is 0. The maximum absolute atomic E-state index is 13.2. The van der Waals surface area contributed by atoms with Gasteiger partial charge in [-0.2, -0.15) is 0 Å². The molecule has 1 saturated heterocycles. The minimum Gasteiger partial charge on any atom is -0.303 e. The van der Waals surface area contributed by atoms with Crippen molar-refractivity contribution >= 4 is 34.1 Å². The van der Waals surface area contributed by atoms with Gasteiger partial charge in [0.05, 0.1) is 9.90 Å². The van der Waals surface area contributed by atoms with Crippen LogP contribution >= 0.6 is 23.1 Å². The average molecular weight is 514 g/mol. The molecule has 1 amide bonds. The second-order valence-corrected chi connectivity index (χ2v) is 13.6. The number of thioether (sulfide) groups is 1. The zero-order valence-corrected chi connectivity index (χ0v) is 23.4. The van der Waals surface area contributed by atoms with Crippen LogP contribution in [-0.4, -0.2) is 41.2 Å². The van der Waals surface area contributed by atoms with E-state index in [2.05, 4.69) is 30.1 Å². The Kier molecular flexibility index (Phi) is 8.40. The lowest BCUT2D eigenvalue weighted by Gasteiger charge is -2.26. The van der Waals surface area contributed by atoms with E-state index in [1.165, 1.54) is 99.1 Å². The van der Waals surface area contributed by atoms with Gasteiger partial charge in [-0.3, -0.25) is 4.79 Å². The highest BCUT2D eigenvalue weighted by Crippen LogP contribution is 2.66. The lowest BCUT2D eigenvalue weighted by Crippen LogP contribution is -2.31. The SMILES string of the molecule is CC1=CC[C@]2(CC1)C(CC(=O)Nc1nc(C)c(SCCN3CCCCC3)s1)=C2C1CCCCCC1. The number of nitrogens with one attached hydrogen (secondary N) is 1. The van der Waals surface area contributed by atoms with Gasteiger partial charge in [0.2, 0.25) is 5.91 Å². The topological polar surface area (TPSA) is 45.2 Å². The van der Waals surface area contributed by atoms with E-state index in [0.29, 0.717) is 6.42 Å². The van der Waals surface area contributed by atoms with Crippen molar-refractivity contribution in [2.45, 2.75) is 102 Å². The molecular formula is C29H43N3OS2. The second kappa shape index (κ2) is 11.5. The molecule has 1 atom stereocenters. The fourth-order valence-electron chi connectivity index (χ4n) is 6.74. The molecule has 192 valence electrons. The number of hydrogen-bond donors (Lipinski definition) is 1. The summed E-state index contributed by atoms with van der Waals surface area (Å²) in [7, 11) is 0. The Balaban J connectivity index is 1.19. The van der Waals surface area contributed by atoms with Gasteiger partial charge >= 0.3 is 0 Å². The zero-order valence-electron chi connectivity index (χ0n) is 21.8. The van der Waals surface area contributed by atoms with Gasteiger partial charge in [0.1, 0.15) is 0 Å². The maximum Gasteiger partial charge on any atom is 0.230 e. The van der Waals surface area contributed by atoms with E-state index < -0.39 is 0 Å². The molecule has 1 spiro atoms. The van der Waals surface area contributed by atoms with Crippen molar-refractivity contribution in [1.29, 1.82) is 0 Å². The molecule has 6 heteroatoms. The lowest BCUT2D eigenvalue weighted by molar-refractivity contribution is -0.115. The van der Waals surface area contributed by atoms with Crippen molar-refractivity contribution in [2.24, 2.45) is 11.3 Å². The number of carbonyl (C=O) groups excluding carboxylic acids is 1. The molecule has 1 saturated carbocycles. The number of rotatable bonds is 8. The van der Waals surface area contributed by atoms with Crippen LogP contribution in [0, 0.1) is 18.3 Å². The van der Waals surface area contributed by atoms with Crippen LogP contribution in [0.4, 0.5) is 5.13 Å². The number of carbonyl (C=O) groups is 1. The molecule has 1 aromatic rings. The highest BCUT2D eigenvalue weighted by molar-refractivity contribution is 8.01. The summed E-state index contributed by atoms with van der Waals surface area (Å²) in [6.07, 6.45) is 18.8. The van der Waals surface area contributed by atoms with E-state index in [1.54, 1.807) is 16.9 Å². The minimum atomic E-state index is 0.132. The van der Waals surface area contributed by atoms with Crippen LogP contribution < -0.4 is 5.32 Å². The number of aromatic nitrogens is 1. The third-order valence-electron chi connectivity index (χ3n) is 8.79. The lowest BCUT2D eigenvalue weighted by atomic mass is 9.77. The number of aryl methyl sites for hydroxylation is 1. The molecule has 1 aromatic heterocycles. The second-order valence-electron chi connectivity index (χ2n) is 11.3. The molecule has 4 aliphatic rings. The number of hydrogen-bond acceptors (Lipinski definition) is 5. The first-order chi connectivity index (χ1) is 17.0. The third kappa shape index (κ3) is 6.07. The summed E-state index contributed by atoms with van der Waals surface area (Å²) in [5, 5.41) is 3.95. The first-order valence-electron chi connectivity index (χ1n) is 14.1. The number of allylic oxidation sites excluding steroid dienone is 3. The quantitative estimate of drug-likeness (QED) is 0.219. The van der Waals surface area contributed by atoms with Gasteiger partial charge in [-0.15, -0.1) is 11.8 Å². The summed E-state index contributed by atoms with van der Waals surface area (Å²) in [5.74, 6) is 1.95. The smallest absolute Gasteiger partial charge is 0.230 e. The molecular weight excluding hydrogens is 470 g/mol. The van der Waals surface area contributed by atoms with Crippen LogP contribution in [0.1, 0.15) is 96.1 Å². The molecule has 4 nitrogen and oxygen atoms in total. The summed E-state index contributed by atoms with van der Waals surface area (Å²) < 4.78 is 1.26. The average Bonchev–Trinajstić information content (AvgIpc) is 3.42. The van der Waals surface area contributed by atoms with Gasteiger partial charge in [0.15, 0.2) is 5.13 Å². The molecule has 0 unspecified atom stereocenters. The number of thiazole rings is 1. The molecule has 2 heterocycles. The summed E-state index contributed by atoms with van der Waals surface area (Å²) in [4.78, 5) is 20.5. The molecule has 3 aliphatic carbocycles. The van der Waals surface area contributed by atoms with Crippen LogP contribution in [0.15, 0.2) is 27.0 Å². The number of amides is 1. The summed E-state index contributed by atoms with van der Waals surface area (Å²) in [5.41, 5.74) is 5.98. The molecule has 0 aromatic carbocycles. The van der Waals surface area contributed by atoms with Crippen LogP contribution in [0.5, 0.6) is 0 Å². The molecule has 2 fully saturated rings. The summed E-state index contributed by atoms with van der Waals surface area (Å²) in [6.45, 7) is 7.99. The monoisotopic (exact) mass is 513 g/mol. The number of nitrogens with zero attached hydrogens (tertiary/aromatic N) is 2. The van der Waals surface area contributed by atoms with Gasteiger partial charge in [-0.1, -0.05) is 60.7 Å². The van der Waals surface area contributed by atoms with Crippen LogP contribution in [-0.2, 0) is 4.79 Å². The Labute approximate surface area is 220 Å². The fourth-order valence-corrected chi connectivity index (χ4v) is 8.97. The first-order valence-corrected chi connectivity index (χ1v) is 15.9. The van der Waals surface area contributed by atoms with Gasteiger partial charge in [0, 0.05) is 24.1 Å². The van der Waals surface area contributed by atoms with Gasteiger partial charge < -0.3 is 10.2 Å². The van der Waals surface area contributed by atoms with E-state index in [4.69, 9.17) is 4.98 Å². The Morgan fingerprint density at radius 3 is 2.60 bits per heavy atom. The predicted octanol–water partition coefficient (Wildman–Crippen LogP) is 7.76. The Bertz CT molecular complexity index is 967. The molecule has 5 rings (SSSR count). The van der Waals surface area contributed by atoms with Crippen LogP contribution in [0.25, 0.3) is 0 Å². The van der Waals surface area contributed by atoms with Crippen molar-refractivity contribution in [2.75, 3.05) is 30.7 Å². The highest BCUT2D eigenvalue weighted by Gasteiger charge is 2.54. The highest BCUT2D eigenvalue weighted by atomic mass is 32.2. The Morgan fingerprint density at radius 1 is 1.14 bits per heavy atom. The maximum atomic E-state index is 13.2. The number of piperidine rings is 1. The fraction of sp³-hybridized carbons (Fsp3) is 0.724. The number of anilines is 1. The van der Waals surface area contributed by atoms with E-state index in [-0.39, 0.29) is 11.3 Å². The van der Waals surface area contributed by atoms with Crippen LogP contribution in [0.3, 0.4) is 0 Å². The zero-order chi connectivity index (χ0) is 24.3. The minimum absolute atomic E-state index is 0.132. The molecule has 35 heavy (non-hydrogen) atoms. The standard InChI is InChI=1S/C29H43N3OS2/c1-21-12-14-29(15-13-21)24(26(29)23-10-6-3-4-7-11-23)20-25(33)31-28-30-22(2)27(35-28)34-19-18-32-16-8-5-9-17-32/h12,23H,3-11,13-20H2,1-2H3,(H,30,31,33)/t29-/m0/s1. The first kappa shape index (κ1) is 25.5. The van der Waals surface area contributed by atoms with Gasteiger partial charge in [-0.25, -0.2) is 4.98 Å². The summed E-state index contributed by atoms with van der Waals surface area (Å²) >= 11 is 3.56. The van der Waals surface area contributed by atoms with Crippen LogP contribution in [0.2, 0.25) is 0 Å². The van der Waals surface area contributed by atoms with Gasteiger partial charge in [-0.05, 0) is 83.4 Å². The molecule has 1 aliphatic heterocycles. The van der Waals surface area contributed by atoms with Crippen molar-refractivity contribution in [3.05, 3.63) is 28.5 Å². The van der Waals surface area contributed by atoms with E-state index in [1.807, 2.05) is 11.8 Å². The van der Waals surface area contributed by atoms with Crippen molar-refractivity contribution in [3.63, 3.8) is 0 Å². The predicted molar refractivity (Wildman–Crippen MR) is 149 cm³/mol.